The molecule has 1 rings (SSSR count). The van der Waals surface area contributed by atoms with Crippen molar-refractivity contribution in [1.82, 2.24) is 15.0 Å². The summed E-state index contributed by atoms with van der Waals surface area (Å²) in [5.41, 5.74) is 0.197. The number of hydrogen-bond acceptors (Lipinski definition) is 6. The number of anilines is 1. The van der Waals surface area contributed by atoms with Crippen LogP contribution in [0.25, 0.3) is 0 Å². The summed E-state index contributed by atoms with van der Waals surface area (Å²) in [6.45, 7) is 7.50. The van der Waals surface area contributed by atoms with Crippen molar-refractivity contribution in [1.29, 1.82) is 0 Å². The van der Waals surface area contributed by atoms with Crippen molar-refractivity contribution in [2.24, 2.45) is 5.41 Å². The largest absolute Gasteiger partial charge is 0.467 e. The average Bonchev–Trinajstić information content (AvgIpc) is 2.45. The van der Waals surface area contributed by atoms with Gasteiger partial charge in [-0.1, -0.05) is 40.0 Å². The first-order valence-corrected chi connectivity index (χ1v) is 7.08. The molecule has 1 N–H and O–H groups in total. The molecule has 0 amide bonds. The van der Waals surface area contributed by atoms with Crippen molar-refractivity contribution in [2.75, 3.05) is 26.1 Å². The molecular weight excluding hydrogens is 256 g/mol. The lowest BCUT2D eigenvalue weighted by Gasteiger charge is -2.24. The van der Waals surface area contributed by atoms with Crippen LogP contribution in [0, 0.1) is 5.41 Å². The Bertz CT molecular complexity index is 388. The molecule has 0 aliphatic carbocycles. The minimum Gasteiger partial charge on any atom is -0.467 e. The lowest BCUT2D eigenvalue weighted by Crippen LogP contribution is -2.24. The van der Waals surface area contributed by atoms with Crippen LogP contribution in [0.3, 0.4) is 0 Å². The van der Waals surface area contributed by atoms with Gasteiger partial charge in [-0.2, -0.15) is 9.97 Å². The minimum atomic E-state index is 0.197. The number of hydrogen-bond donors (Lipinski definition) is 1. The van der Waals surface area contributed by atoms with Gasteiger partial charge in [-0.3, -0.25) is 0 Å². The van der Waals surface area contributed by atoms with E-state index in [2.05, 4.69) is 41.0 Å². The zero-order valence-electron chi connectivity index (χ0n) is 13.2. The highest BCUT2D eigenvalue weighted by molar-refractivity contribution is 5.27. The molecule has 114 valence electrons. The Labute approximate surface area is 121 Å². The topological polar surface area (TPSA) is 69.2 Å². The van der Waals surface area contributed by atoms with Gasteiger partial charge in [0, 0.05) is 6.54 Å². The predicted octanol–water partition coefficient (Wildman–Crippen LogP) is 2.91. The fraction of sp³-hybridized carbons (Fsp3) is 0.786. The van der Waals surface area contributed by atoms with Gasteiger partial charge < -0.3 is 14.8 Å². The Balaban J connectivity index is 2.59. The summed E-state index contributed by atoms with van der Waals surface area (Å²) in [5.74, 6) is 0.484. The monoisotopic (exact) mass is 282 g/mol. The molecule has 0 aliphatic rings. The number of nitrogens with zero attached hydrogens (tertiary/aromatic N) is 3. The summed E-state index contributed by atoms with van der Waals surface area (Å²) in [4.78, 5) is 12.3. The molecule has 0 saturated carbocycles. The van der Waals surface area contributed by atoms with Crippen LogP contribution in [0.4, 0.5) is 5.95 Å². The second kappa shape index (κ2) is 7.87. The number of aromatic nitrogens is 3. The number of rotatable bonds is 9. The van der Waals surface area contributed by atoms with Gasteiger partial charge in [-0.15, -0.1) is 4.98 Å². The van der Waals surface area contributed by atoms with Crippen molar-refractivity contribution in [3.8, 4) is 12.0 Å². The first-order chi connectivity index (χ1) is 9.50. The standard InChI is InChI=1S/C14H26N4O2/c1-6-7-8-9-14(2,3)10-15-11-16-12(19-4)18-13(17-11)20-5/h6-10H2,1-5H3,(H,15,16,17,18). The van der Waals surface area contributed by atoms with Crippen LogP contribution in [0.5, 0.6) is 12.0 Å². The van der Waals surface area contributed by atoms with E-state index in [4.69, 9.17) is 9.47 Å². The van der Waals surface area contributed by atoms with E-state index in [1.54, 1.807) is 0 Å². The third kappa shape index (κ3) is 5.59. The van der Waals surface area contributed by atoms with Gasteiger partial charge in [0.05, 0.1) is 14.2 Å². The Kier molecular flexibility index (Phi) is 6.48. The second-order valence-electron chi connectivity index (χ2n) is 5.61. The van der Waals surface area contributed by atoms with E-state index in [0.717, 1.165) is 6.54 Å². The summed E-state index contributed by atoms with van der Waals surface area (Å²) in [5, 5.41) is 3.24. The molecule has 0 atom stereocenters. The zero-order valence-corrected chi connectivity index (χ0v) is 13.2. The molecule has 1 aromatic rings. The molecule has 0 aliphatic heterocycles. The summed E-state index contributed by atoms with van der Waals surface area (Å²) >= 11 is 0. The number of ether oxygens (including phenoxy) is 2. The molecule has 0 aromatic carbocycles. The average molecular weight is 282 g/mol. The minimum absolute atomic E-state index is 0.197. The van der Waals surface area contributed by atoms with Crippen molar-refractivity contribution in [3.05, 3.63) is 0 Å². The summed E-state index contributed by atoms with van der Waals surface area (Å²) in [6, 6.07) is 0.506. The van der Waals surface area contributed by atoms with Crippen LogP contribution in [-0.2, 0) is 0 Å². The van der Waals surface area contributed by atoms with E-state index in [-0.39, 0.29) is 17.4 Å². The fourth-order valence-corrected chi connectivity index (χ4v) is 1.86. The molecule has 0 fully saturated rings. The van der Waals surface area contributed by atoms with Crippen molar-refractivity contribution in [3.63, 3.8) is 0 Å². The van der Waals surface area contributed by atoms with E-state index in [1.165, 1.54) is 39.9 Å². The van der Waals surface area contributed by atoms with Crippen molar-refractivity contribution in [2.45, 2.75) is 46.5 Å². The normalized spacial score (nSPS) is 11.2. The Morgan fingerprint density at radius 3 is 2.10 bits per heavy atom. The lowest BCUT2D eigenvalue weighted by molar-refractivity contribution is 0.333. The van der Waals surface area contributed by atoms with Gasteiger partial charge in [0.1, 0.15) is 0 Å². The van der Waals surface area contributed by atoms with Crippen LogP contribution in [-0.4, -0.2) is 35.7 Å². The van der Waals surface area contributed by atoms with Gasteiger partial charge in [0.2, 0.25) is 5.95 Å². The summed E-state index contributed by atoms with van der Waals surface area (Å²) in [6.07, 6.45) is 4.93. The molecule has 6 nitrogen and oxygen atoms in total. The Hall–Kier alpha value is -1.59. The van der Waals surface area contributed by atoms with E-state index in [9.17, 15) is 0 Å². The molecule has 0 bridgehead atoms. The van der Waals surface area contributed by atoms with Crippen LogP contribution >= 0.6 is 0 Å². The second-order valence-corrected chi connectivity index (χ2v) is 5.61. The summed E-state index contributed by atoms with van der Waals surface area (Å²) in [7, 11) is 3.04. The van der Waals surface area contributed by atoms with Crippen molar-refractivity contribution < 1.29 is 9.47 Å². The molecule has 20 heavy (non-hydrogen) atoms. The molecule has 1 aromatic heterocycles. The maximum Gasteiger partial charge on any atom is 0.324 e. The van der Waals surface area contributed by atoms with Gasteiger partial charge >= 0.3 is 12.0 Å². The van der Waals surface area contributed by atoms with Crippen LogP contribution in [0.1, 0.15) is 46.5 Å². The number of nitrogens with one attached hydrogen (secondary N) is 1. The highest BCUT2D eigenvalue weighted by atomic mass is 16.5. The van der Waals surface area contributed by atoms with E-state index in [1.807, 2.05) is 0 Å². The smallest absolute Gasteiger partial charge is 0.324 e. The first-order valence-electron chi connectivity index (χ1n) is 7.08. The van der Waals surface area contributed by atoms with E-state index >= 15 is 0 Å². The molecule has 1 heterocycles. The van der Waals surface area contributed by atoms with E-state index in [0.29, 0.717) is 5.95 Å². The fourth-order valence-electron chi connectivity index (χ4n) is 1.86. The van der Waals surface area contributed by atoms with Gasteiger partial charge in [0.15, 0.2) is 0 Å². The molecule has 0 saturated heterocycles. The van der Waals surface area contributed by atoms with Gasteiger partial charge in [0.25, 0.3) is 0 Å². The van der Waals surface area contributed by atoms with Crippen LogP contribution < -0.4 is 14.8 Å². The van der Waals surface area contributed by atoms with Crippen molar-refractivity contribution >= 4 is 5.95 Å². The highest BCUT2D eigenvalue weighted by Crippen LogP contribution is 2.24. The van der Waals surface area contributed by atoms with Crippen LogP contribution in [0.15, 0.2) is 0 Å². The maximum atomic E-state index is 5.03. The zero-order chi connectivity index (χ0) is 15.0. The number of methoxy groups -OCH3 is 2. The molecular formula is C14H26N4O2. The Morgan fingerprint density at radius 2 is 1.60 bits per heavy atom. The molecule has 6 heteroatoms. The number of unbranched alkanes of at least 4 members (excludes halogenated alkanes) is 2. The van der Waals surface area contributed by atoms with Crippen LogP contribution in [0.2, 0.25) is 0 Å². The third-order valence-corrected chi connectivity index (χ3v) is 3.14. The van der Waals surface area contributed by atoms with Gasteiger partial charge in [-0.05, 0) is 11.8 Å². The third-order valence-electron chi connectivity index (χ3n) is 3.14. The highest BCUT2D eigenvalue weighted by Gasteiger charge is 2.18. The SMILES string of the molecule is CCCCCC(C)(C)CNc1nc(OC)nc(OC)n1. The lowest BCUT2D eigenvalue weighted by atomic mass is 9.87. The molecule has 0 radical (unpaired) electrons. The summed E-state index contributed by atoms with van der Waals surface area (Å²) < 4.78 is 10.1. The molecule has 0 unspecified atom stereocenters. The first kappa shape index (κ1) is 16.5. The quantitative estimate of drug-likeness (QED) is 0.702. The molecule has 0 spiro atoms. The van der Waals surface area contributed by atoms with E-state index < -0.39 is 0 Å². The van der Waals surface area contributed by atoms with Gasteiger partial charge in [-0.25, -0.2) is 0 Å². The Morgan fingerprint density at radius 1 is 1.00 bits per heavy atom. The predicted molar refractivity (Wildman–Crippen MR) is 79.3 cm³/mol. The maximum absolute atomic E-state index is 5.03.